The molecule has 12 heavy (non-hydrogen) atoms. The average Bonchev–Trinajstić information content (AvgIpc) is 2.02. The Hall–Kier alpha value is -0.990. The maximum Gasteiger partial charge on any atom is 0.322 e. The molecule has 70 valence electrons. The number of hydrogen-bond donors (Lipinski definition) is 2. The van der Waals surface area contributed by atoms with E-state index in [1.54, 1.807) is 6.20 Å². The van der Waals surface area contributed by atoms with E-state index >= 15 is 0 Å². The first kappa shape index (κ1) is 11.0. The van der Waals surface area contributed by atoms with Crippen LogP contribution in [0.15, 0.2) is 12.3 Å². The van der Waals surface area contributed by atoms with E-state index in [4.69, 9.17) is 5.11 Å². The largest absolute Gasteiger partial charge is 0.480 e. The molecule has 0 amide bonds. The summed E-state index contributed by atoms with van der Waals surface area (Å²) in [5.41, 5.74) is 0. The van der Waals surface area contributed by atoms with Crippen LogP contribution < -0.4 is 5.32 Å². The first-order chi connectivity index (χ1) is 5.77. The Morgan fingerprint density at radius 2 is 2.25 bits per heavy atom. The van der Waals surface area contributed by atoms with Gasteiger partial charge in [0.25, 0.3) is 0 Å². The summed E-state index contributed by atoms with van der Waals surface area (Å²) < 4.78 is 0. The summed E-state index contributed by atoms with van der Waals surface area (Å²) in [6.07, 6.45) is 8.35. The molecule has 0 saturated heterocycles. The highest BCUT2D eigenvalue weighted by molar-refractivity contribution is 5.69. The van der Waals surface area contributed by atoms with E-state index in [-0.39, 0.29) is 6.54 Å². The standard InChI is InChI=1S/C9H17NO2/c1-2-3-4-5-6-7-10-8-9(11)12/h6-7,10H,2-5,8H2,1H3,(H,11,12)/b7-6+. The van der Waals surface area contributed by atoms with E-state index in [1.165, 1.54) is 19.3 Å². The summed E-state index contributed by atoms with van der Waals surface area (Å²) in [7, 11) is 0. The molecule has 0 aliphatic rings. The Bertz CT molecular complexity index is 143. The number of unbranched alkanes of at least 4 members (excludes halogenated alkanes) is 3. The Labute approximate surface area is 73.5 Å². The smallest absolute Gasteiger partial charge is 0.322 e. The number of carboxylic acid groups (broad SMARTS) is 1. The van der Waals surface area contributed by atoms with Gasteiger partial charge in [-0.1, -0.05) is 25.8 Å². The molecule has 0 radical (unpaired) electrons. The number of carbonyl (C=O) groups is 1. The monoisotopic (exact) mass is 171 g/mol. The molecule has 0 unspecified atom stereocenters. The Morgan fingerprint density at radius 1 is 1.50 bits per heavy atom. The molecular weight excluding hydrogens is 154 g/mol. The van der Waals surface area contributed by atoms with Crippen molar-refractivity contribution in [3.8, 4) is 0 Å². The van der Waals surface area contributed by atoms with Crippen molar-refractivity contribution in [1.29, 1.82) is 0 Å². The van der Waals surface area contributed by atoms with E-state index in [0.29, 0.717) is 0 Å². The second-order valence-corrected chi connectivity index (χ2v) is 2.67. The third-order valence-corrected chi connectivity index (χ3v) is 1.46. The molecule has 3 nitrogen and oxygen atoms in total. The van der Waals surface area contributed by atoms with Gasteiger partial charge in [-0.15, -0.1) is 0 Å². The molecule has 0 aromatic carbocycles. The minimum absolute atomic E-state index is 0.00424. The molecule has 0 rings (SSSR count). The molecule has 0 spiro atoms. The van der Waals surface area contributed by atoms with Crippen LogP contribution in [0.5, 0.6) is 0 Å². The van der Waals surface area contributed by atoms with Gasteiger partial charge in [0, 0.05) is 0 Å². The molecular formula is C9H17NO2. The summed E-state index contributed by atoms with van der Waals surface area (Å²) in [5, 5.41) is 10.9. The molecule has 0 atom stereocenters. The van der Waals surface area contributed by atoms with Crippen molar-refractivity contribution in [2.24, 2.45) is 0 Å². The minimum atomic E-state index is -0.826. The lowest BCUT2D eigenvalue weighted by Gasteiger charge is -1.94. The minimum Gasteiger partial charge on any atom is -0.480 e. The molecule has 0 aromatic heterocycles. The topological polar surface area (TPSA) is 49.3 Å². The Kier molecular flexibility index (Phi) is 7.44. The predicted octanol–water partition coefficient (Wildman–Crippen LogP) is 1.75. The molecule has 0 bridgehead atoms. The average molecular weight is 171 g/mol. The van der Waals surface area contributed by atoms with Crippen LogP contribution in [0.3, 0.4) is 0 Å². The van der Waals surface area contributed by atoms with Crippen molar-refractivity contribution in [3.05, 3.63) is 12.3 Å². The molecule has 0 aromatic rings. The van der Waals surface area contributed by atoms with Gasteiger partial charge in [0.05, 0.1) is 0 Å². The number of nitrogens with one attached hydrogen (secondary N) is 1. The second-order valence-electron chi connectivity index (χ2n) is 2.67. The van der Waals surface area contributed by atoms with Gasteiger partial charge in [0.15, 0.2) is 0 Å². The van der Waals surface area contributed by atoms with E-state index in [0.717, 1.165) is 6.42 Å². The molecule has 0 heterocycles. The Balaban J connectivity index is 3.09. The van der Waals surface area contributed by atoms with Crippen LogP contribution in [-0.2, 0) is 4.79 Å². The predicted molar refractivity (Wildman–Crippen MR) is 48.9 cm³/mol. The lowest BCUT2D eigenvalue weighted by Crippen LogP contribution is -2.16. The van der Waals surface area contributed by atoms with Crippen LogP contribution in [0.4, 0.5) is 0 Å². The van der Waals surface area contributed by atoms with Crippen LogP contribution >= 0.6 is 0 Å². The first-order valence-corrected chi connectivity index (χ1v) is 4.37. The van der Waals surface area contributed by atoms with Crippen molar-refractivity contribution in [1.82, 2.24) is 5.32 Å². The first-order valence-electron chi connectivity index (χ1n) is 4.37. The highest BCUT2D eigenvalue weighted by Gasteiger charge is 1.89. The number of hydrogen-bond acceptors (Lipinski definition) is 2. The van der Waals surface area contributed by atoms with Crippen molar-refractivity contribution in [2.75, 3.05) is 6.54 Å². The zero-order chi connectivity index (χ0) is 9.23. The normalized spacial score (nSPS) is 10.4. The summed E-state index contributed by atoms with van der Waals surface area (Å²) in [6, 6.07) is 0. The van der Waals surface area contributed by atoms with Crippen LogP contribution in [0.25, 0.3) is 0 Å². The van der Waals surface area contributed by atoms with Gasteiger partial charge in [0.1, 0.15) is 6.54 Å². The van der Waals surface area contributed by atoms with Crippen LogP contribution in [0.1, 0.15) is 32.6 Å². The van der Waals surface area contributed by atoms with Crippen molar-refractivity contribution in [3.63, 3.8) is 0 Å². The summed E-state index contributed by atoms with van der Waals surface area (Å²) >= 11 is 0. The molecule has 0 aliphatic heterocycles. The summed E-state index contributed by atoms with van der Waals surface area (Å²) in [5.74, 6) is -0.826. The number of aliphatic carboxylic acids is 1. The lowest BCUT2D eigenvalue weighted by atomic mass is 10.2. The third kappa shape index (κ3) is 9.01. The summed E-state index contributed by atoms with van der Waals surface area (Å²) in [4.78, 5) is 10.0. The van der Waals surface area contributed by atoms with Crippen molar-refractivity contribution >= 4 is 5.97 Å². The SMILES string of the molecule is CCCCC/C=C/NCC(=O)O. The number of rotatable bonds is 7. The fraction of sp³-hybridized carbons (Fsp3) is 0.667. The number of allylic oxidation sites excluding steroid dienone is 1. The quantitative estimate of drug-likeness (QED) is 0.574. The third-order valence-electron chi connectivity index (χ3n) is 1.46. The van der Waals surface area contributed by atoms with E-state index in [2.05, 4.69) is 12.2 Å². The molecule has 2 N–H and O–H groups in total. The van der Waals surface area contributed by atoms with E-state index < -0.39 is 5.97 Å². The van der Waals surface area contributed by atoms with Gasteiger partial charge in [-0.25, -0.2) is 0 Å². The zero-order valence-corrected chi connectivity index (χ0v) is 7.55. The molecule has 3 heteroatoms. The van der Waals surface area contributed by atoms with Crippen molar-refractivity contribution < 1.29 is 9.90 Å². The van der Waals surface area contributed by atoms with Gasteiger partial charge in [-0.05, 0) is 19.0 Å². The maximum absolute atomic E-state index is 10.0. The fourth-order valence-electron chi connectivity index (χ4n) is 0.825. The molecule has 0 saturated carbocycles. The van der Waals surface area contributed by atoms with Crippen molar-refractivity contribution in [2.45, 2.75) is 32.6 Å². The molecule has 0 aliphatic carbocycles. The Morgan fingerprint density at radius 3 is 2.83 bits per heavy atom. The second kappa shape index (κ2) is 8.11. The van der Waals surface area contributed by atoms with Gasteiger partial charge < -0.3 is 10.4 Å². The van der Waals surface area contributed by atoms with Gasteiger partial charge in [-0.3, -0.25) is 4.79 Å². The fourth-order valence-corrected chi connectivity index (χ4v) is 0.825. The van der Waals surface area contributed by atoms with Crippen LogP contribution in [-0.4, -0.2) is 17.6 Å². The highest BCUT2D eigenvalue weighted by atomic mass is 16.4. The van der Waals surface area contributed by atoms with Crippen LogP contribution in [0, 0.1) is 0 Å². The maximum atomic E-state index is 10.0. The molecule has 0 fully saturated rings. The number of carboxylic acids is 1. The zero-order valence-electron chi connectivity index (χ0n) is 7.55. The lowest BCUT2D eigenvalue weighted by molar-refractivity contribution is -0.135. The van der Waals surface area contributed by atoms with Gasteiger partial charge in [-0.2, -0.15) is 0 Å². The van der Waals surface area contributed by atoms with Crippen LogP contribution in [0.2, 0.25) is 0 Å². The van der Waals surface area contributed by atoms with E-state index in [9.17, 15) is 4.79 Å². The highest BCUT2D eigenvalue weighted by Crippen LogP contribution is 1.98. The van der Waals surface area contributed by atoms with Gasteiger partial charge in [0.2, 0.25) is 0 Å². The summed E-state index contributed by atoms with van der Waals surface area (Å²) in [6.45, 7) is 2.16. The van der Waals surface area contributed by atoms with E-state index in [1.807, 2.05) is 6.08 Å². The van der Waals surface area contributed by atoms with Gasteiger partial charge >= 0.3 is 5.97 Å².